The molecular weight excluding hydrogens is 143 g/mol. The van der Waals surface area contributed by atoms with E-state index in [1.807, 2.05) is 19.9 Å². The van der Waals surface area contributed by atoms with Crippen LogP contribution in [-0.2, 0) is 4.52 Å². The molecule has 0 saturated heterocycles. The molecular formula is C8H15OP. The van der Waals surface area contributed by atoms with Gasteiger partial charge in [0.2, 0.25) is 0 Å². The molecule has 0 N–H and O–H groups in total. The van der Waals surface area contributed by atoms with E-state index in [9.17, 15) is 0 Å². The number of hydrogen-bond donors (Lipinski definition) is 0. The van der Waals surface area contributed by atoms with Crippen molar-refractivity contribution in [3.05, 3.63) is 24.0 Å². The van der Waals surface area contributed by atoms with E-state index in [4.69, 9.17) is 4.52 Å². The first-order chi connectivity index (χ1) is 4.93. The van der Waals surface area contributed by atoms with Gasteiger partial charge in [0.15, 0.2) is 0 Å². The molecule has 0 radical (unpaired) electrons. The molecule has 0 aliphatic heterocycles. The van der Waals surface area contributed by atoms with Gasteiger partial charge >= 0.3 is 0 Å². The Hall–Kier alpha value is -0.290. The van der Waals surface area contributed by atoms with Crippen molar-refractivity contribution in [1.29, 1.82) is 0 Å². The third-order valence-corrected chi connectivity index (χ3v) is 1.37. The lowest BCUT2D eigenvalue weighted by atomic mass is 10.2. The van der Waals surface area contributed by atoms with E-state index in [1.54, 1.807) is 0 Å². The van der Waals surface area contributed by atoms with E-state index in [0.717, 1.165) is 18.6 Å². The first-order valence-corrected chi connectivity index (χ1v) is 4.14. The summed E-state index contributed by atoms with van der Waals surface area (Å²) in [6.07, 6.45) is 8.43. The van der Waals surface area contributed by atoms with Crippen LogP contribution < -0.4 is 0 Å². The maximum Gasteiger partial charge on any atom is 0.118 e. The van der Waals surface area contributed by atoms with Crippen LogP contribution in [0.3, 0.4) is 0 Å². The van der Waals surface area contributed by atoms with Crippen LogP contribution in [0, 0.1) is 0 Å². The Bertz CT molecular complexity index is 127. The van der Waals surface area contributed by atoms with Gasteiger partial charge in [-0.2, -0.15) is 0 Å². The highest BCUT2D eigenvalue weighted by atomic mass is 31.0. The van der Waals surface area contributed by atoms with Crippen LogP contribution in [0.25, 0.3) is 0 Å². The predicted molar refractivity (Wildman–Crippen MR) is 48.6 cm³/mol. The minimum absolute atomic E-state index is 0.959. The van der Waals surface area contributed by atoms with Gasteiger partial charge in [0, 0.05) is 0 Å². The Morgan fingerprint density at radius 3 is 2.40 bits per heavy atom. The second-order valence-corrected chi connectivity index (χ2v) is 1.94. The highest BCUT2D eigenvalue weighted by Gasteiger charge is 1.92. The van der Waals surface area contributed by atoms with Gasteiger partial charge in [0.25, 0.3) is 0 Å². The molecule has 0 saturated carbocycles. The molecule has 1 nitrogen and oxygen atoms in total. The van der Waals surface area contributed by atoms with Crippen molar-refractivity contribution < 1.29 is 4.52 Å². The van der Waals surface area contributed by atoms with Gasteiger partial charge < -0.3 is 4.52 Å². The van der Waals surface area contributed by atoms with E-state index >= 15 is 0 Å². The summed E-state index contributed by atoms with van der Waals surface area (Å²) in [6, 6.07) is 0. The molecule has 0 heterocycles. The largest absolute Gasteiger partial charge is 0.481 e. The molecule has 0 aromatic carbocycles. The van der Waals surface area contributed by atoms with E-state index in [1.165, 1.54) is 0 Å². The summed E-state index contributed by atoms with van der Waals surface area (Å²) >= 11 is 0. The summed E-state index contributed by atoms with van der Waals surface area (Å²) in [7, 11) is 2.23. The zero-order valence-corrected chi connectivity index (χ0v) is 7.79. The highest BCUT2D eigenvalue weighted by Crippen LogP contribution is 2.12. The van der Waals surface area contributed by atoms with Crippen molar-refractivity contribution in [2.75, 3.05) is 0 Å². The van der Waals surface area contributed by atoms with Crippen molar-refractivity contribution in [3.63, 3.8) is 0 Å². The standard InChI is InChI=1S/C6H9OP.C2H6/c8-7-6-4-2-1-3-5-6;1-2/h2,4-5H,1,3,8H2;1-2H3. The summed E-state index contributed by atoms with van der Waals surface area (Å²) in [5, 5.41) is 0. The summed E-state index contributed by atoms with van der Waals surface area (Å²) < 4.78 is 4.88. The topological polar surface area (TPSA) is 9.23 Å². The smallest absolute Gasteiger partial charge is 0.118 e. The fraction of sp³-hybridized carbons (Fsp3) is 0.500. The zero-order chi connectivity index (χ0) is 7.82. The van der Waals surface area contributed by atoms with Crippen LogP contribution in [0.5, 0.6) is 0 Å². The Labute approximate surface area is 65.4 Å². The summed E-state index contributed by atoms with van der Waals surface area (Å²) in [5.41, 5.74) is 0. The second kappa shape index (κ2) is 6.82. The van der Waals surface area contributed by atoms with Crippen molar-refractivity contribution in [1.82, 2.24) is 0 Å². The maximum absolute atomic E-state index is 4.88. The lowest BCUT2D eigenvalue weighted by Gasteiger charge is -2.02. The highest BCUT2D eigenvalue weighted by molar-refractivity contribution is 7.10. The van der Waals surface area contributed by atoms with Gasteiger partial charge in [-0.15, -0.1) is 0 Å². The normalized spacial score (nSPS) is 14.9. The third-order valence-electron chi connectivity index (χ3n) is 1.10. The van der Waals surface area contributed by atoms with Gasteiger partial charge in [0.05, 0.1) is 9.47 Å². The number of allylic oxidation sites excluding steroid dienone is 3. The predicted octanol–water partition coefficient (Wildman–Crippen LogP) is 3.05. The quantitative estimate of drug-likeness (QED) is 0.533. The minimum Gasteiger partial charge on any atom is -0.481 e. The van der Waals surface area contributed by atoms with E-state index in [-0.39, 0.29) is 0 Å². The second-order valence-electron chi connectivity index (χ2n) is 1.70. The molecule has 10 heavy (non-hydrogen) atoms. The van der Waals surface area contributed by atoms with Crippen LogP contribution in [0.1, 0.15) is 26.7 Å². The molecule has 1 aliphatic carbocycles. The average molecular weight is 158 g/mol. The number of rotatable bonds is 1. The van der Waals surface area contributed by atoms with Crippen LogP contribution in [-0.4, -0.2) is 0 Å². The Kier molecular flexibility index (Phi) is 6.63. The van der Waals surface area contributed by atoms with E-state index in [0.29, 0.717) is 0 Å². The molecule has 1 rings (SSSR count). The molecule has 58 valence electrons. The van der Waals surface area contributed by atoms with Gasteiger partial charge in [-0.1, -0.05) is 19.9 Å². The van der Waals surface area contributed by atoms with Crippen molar-refractivity contribution >= 4 is 9.47 Å². The fourth-order valence-electron chi connectivity index (χ4n) is 0.677. The van der Waals surface area contributed by atoms with Gasteiger partial charge in [-0.25, -0.2) is 0 Å². The summed E-state index contributed by atoms with van der Waals surface area (Å²) in [4.78, 5) is 0. The number of hydrogen-bond acceptors (Lipinski definition) is 1. The zero-order valence-electron chi connectivity index (χ0n) is 6.63. The third kappa shape index (κ3) is 3.68. The van der Waals surface area contributed by atoms with Crippen molar-refractivity contribution in [2.24, 2.45) is 0 Å². The monoisotopic (exact) mass is 158 g/mol. The molecule has 1 unspecified atom stereocenters. The van der Waals surface area contributed by atoms with Gasteiger partial charge in [0.1, 0.15) is 5.76 Å². The van der Waals surface area contributed by atoms with Crippen LogP contribution in [0.4, 0.5) is 0 Å². The van der Waals surface area contributed by atoms with E-state index < -0.39 is 0 Å². The summed E-state index contributed by atoms with van der Waals surface area (Å²) in [6.45, 7) is 4.00. The Morgan fingerprint density at radius 2 is 2.10 bits per heavy atom. The Morgan fingerprint density at radius 1 is 1.40 bits per heavy atom. The van der Waals surface area contributed by atoms with E-state index in [2.05, 4.69) is 21.6 Å². The molecule has 1 aliphatic rings. The van der Waals surface area contributed by atoms with Crippen molar-refractivity contribution in [2.45, 2.75) is 26.7 Å². The molecule has 0 spiro atoms. The maximum atomic E-state index is 4.88. The molecule has 2 heteroatoms. The molecule has 0 aromatic heterocycles. The molecule has 0 fully saturated rings. The molecule has 0 amide bonds. The summed E-state index contributed by atoms with van der Waals surface area (Å²) in [5.74, 6) is 0.959. The van der Waals surface area contributed by atoms with Gasteiger partial charge in [-0.3, -0.25) is 0 Å². The van der Waals surface area contributed by atoms with Crippen LogP contribution in [0.2, 0.25) is 0 Å². The van der Waals surface area contributed by atoms with Gasteiger partial charge in [-0.05, 0) is 25.0 Å². The van der Waals surface area contributed by atoms with Crippen LogP contribution >= 0.6 is 9.47 Å². The lowest BCUT2D eigenvalue weighted by molar-refractivity contribution is 0.513. The molecule has 0 bridgehead atoms. The molecule has 0 aromatic rings. The first kappa shape index (κ1) is 9.71. The van der Waals surface area contributed by atoms with Crippen LogP contribution in [0.15, 0.2) is 24.0 Å². The fourth-order valence-corrected chi connectivity index (χ4v) is 0.852. The SMILES string of the molecule is CC.POC1=CCCC=C1. The Balaban J connectivity index is 0.000000371. The first-order valence-electron chi connectivity index (χ1n) is 3.67. The average Bonchev–Trinajstić information content (AvgIpc) is 2.10. The minimum atomic E-state index is 0.959. The van der Waals surface area contributed by atoms with Crippen molar-refractivity contribution in [3.8, 4) is 0 Å². The lowest BCUT2D eigenvalue weighted by Crippen LogP contribution is -1.81. The molecule has 1 atom stereocenters.